The zero-order valence-corrected chi connectivity index (χ0v) is 13.8. The minimum atomic E-state index is -3.45. The fraction of sp³-hybridized carbons (Fsp3) is 0.462. The Morgan fingerprint density at radius 2 is 1.95 bits per heavy atom. The number of carbonyl (C=O) groups excluding carboxylic acids is 1. The van der Waals surface area contributed by atoms with E-state index in [0.717, 1.165) is 10.7 Å². The zero-order chi connectivity index (χ0) is 14.8. The van der Waals surface area contributed by atoms with Gasteiger partial charge in [-0.05, 0) is 32.0 Å². The number of rotatable bonds is 5. The van der Waals surface area contributed by atoms with Gasteiger partial charge >= 0.3 is 0 Å². The van der Waals surface area contributed by atoms with Crippen molar-refractivity contribution in [1.82, 2.24) is 0 Å². The molecular weight excluding hydrogens is 332 g/mol. The van der Waals surface area contributed by atoms with Gasteiger partial charge in [0, 0.05) is 22.7 Å². The maximum absolute atomic E-state index is 12.2. The number of benzene rings is 1. The smallest absolute Gasteiger partial charge is 0.159 e. The molecule has 0 aliphatic carbocycles. The van der Waals surface area contributed by atoms with Gasteiger partial charge in [-0.15, -0.1) is 0 Å². The number of carbonyl (C=O) groups is 1. The maximum atomic E-state index is 12.2. The van der Waals surface area contributed by atoms with Gasteiger partial charge in [-0.2, -0.15) is 0 Å². The summed E-state index contributed by atoms with van der Waals surface area (Å²) in [6, 6.07) is 5.30. The van der Waals surface area contributed by atoms with Crippen molar-refractivity contribution in [1.29, 1.82) is 0 Å². The van der Waals surface area contributed by atoms with Gasteiger partial charge < -0.3 is 4.74 Å². The molecule has 1 aromatic carbocycles. The Labute approximate surface area is 122 Å². The van der Waals surface area contributed by atoms with Gasteiger partial charge in [-0.25, -0.2) is 8.42 Å². The van der Waals surface area contributed by atoms with Crippen LogP contribution in [0, 0.1) is 0 Å². The molecule has 0 radical (unpaired) electrons. The Morgan fingerprint density at radius 1 is 1.37 bits per heavy atom. The molecule has 0 fully saturated rings. The van der Waals surface area contributed by atoms with Crippen molar-refractivity contribution < 1.29 is 17.9 Å². The van der Waals surface area contributed by atoms with Crippen LogP contribution in [0.1, 0.15) is 19.4 Å². The third-order valence-electron chi connectivity index (χ3n) is 3.19. The second kappa shape index (κ2) is 5.63. The van der Waals surface area contributed by atoms with Crippen LogP contribution in [-0.2, 0) is 21.1 Å². The number of hydrogen-bond acceptors (Lipinski definition) is 4. The number of hydrogen-bond donors (Lipinski definition) is 0. The van der Waals surface area contributed by atoms with Crippen molar-refractivity contribution in [3.63, 3.8) is 0 Å². The minimum Gasteiger partial charge on any atom is -0.496 e. The average Bonchev–Trinajstić information content (AvgIpc) is 2.27. The van der Waals surface area contributed by atoms with E-state index in [-0.39, 0.29) is 12.2 Å². The molecule has 0 amide bonds. The second-order valence-electron chi connectivity index (χ2n) is 4.84. The van der Waals surface area contributed by atoms with Gasteiger partial charge in [0.05, 0.1) is 7.11 Å². The van der Waals surface area contributed by atoms with Crippen molar-refractivity contribution in [2.24, 2.45) is 0 Å². The monoisotopic (exact) mass is 348 g/mol. The number of methoxy groups -OCH3 is 1. The molecule has 0 bridgehead atoms. The predicted octanol–water partition coefficient (Wildman–Crippen LogP) is 2.39. The highest BCUT2D eigenvalue weighted by molar-refractivity contribution is 9.10. The molecule has 0 spiro atoms. The van der Waals surface area contributed by atoms with Crippen LogP contribution >= 0.6 is 15.9 Å². The van der Waals surface area contributed by atoms with E-state index < -0.39 is 14.6 Å². The molecule has 4 nitrogen and oxygen atoms in total. The van der Waals surface area contributed by atoms with Gasteiger partial charge in [-0.3, -0.25) is 4.79 Å². The minimum absolute atomic E-state index is 0.0166. The highest BCUT2D eigenvalue weighted by Crippen LogP contribution is 2.26. The molecule has 1 rings (SSSR count). The first-order chi connectivity index (χ1) is 8.59. The summed E-state index contributed by atoms with van der Waals surface area (Å²) in [5, 5.41) is 0. The Bertz CT molecular complexity index is 591. The molecular formula is C13H17BrO4S. The standard InChI is InChI=1S/C13H17BrO4S/c1-13(2,19(4,16)17)12(15)8-9-7-10(14)5-6-11(9)18-3/h5-7H,8H2,1-4H3. The summed E-state index contributed by atoms with van der Waals surface area (Å²) >= 11 is 3.32. The molecule has 0 aliphatic rings. The molecule has 0 unspecified atom stereocenters. The second-order valence-corrected chi connectivity index (χ2v) is 8.32. The molecule has 0 atom stereocenters. The van der Waals surface area contributed by atoms with E-state index >= 15 is 0 Å². The normalized spacial score (nSPS) is 12.3. The molecule has 0 saturated heterocycles. The van der Waals surface area contributed by atoms with Crippen LogP contribution in [0.5, 0.6) is 5.75 Å². The van der Waals surface area contributed by atoms with Crippen molar-refractivity contribution >= 4 is 31.6 Å². The Balaban J connectivity index is 3.10. The van der Waals surface area contributed by atoms with Gasteiger partial charge in [-0.1, -0.05) is 15.9 Å². The highest BCUT2D eigenvalue weighted by atomic mass is 79.9. The van der Waals surface area contributed by atoms with Crippen molar-refractivity contribution in [2.45, 2.75) is 25.0 Å². The summed E-state index contributed by atoms with van der Waals surface area (Å²) in [5.41, 5.74) is 0.665. The van der Waals surface area contributed by atoms with E-state index in [4.69, 9.17) is 4.74 Å². The summed E-state index contributed by atoms with van der Waals surface area (Å²) in [4.78, 5) is 12.2. The maximum Gasteiger partial charge on any atom is 0.159 e. The largest absolute Gasteiger partial charge is 0.496 e. The lowest BCUT2D eigenvalue weighted by molar-refractivity contribution is -0.120. The molecule has 0 N–H and O–H groups in total. The summed E-state index contributed by atoms with van der Waals surface area (Å²) < 4.78 is 27.9. The van der Waals surface area contributed by atoms with Crippen LogP contribution in [0.3, 0.4) is 0 Å². The number of halogens is 1. The third-order valence-corrected chi connectivity index (χ3v) is 5.77. The van der Waals surface area contributed by atoms with Crippen molar-refractivity contribution in [3.05, 3.63) is 28.2 Å². The van der Waals surface area contributed by atoms with E-state index in [1.165, 1.54) is 21.0 Å². The zero-order valence-electron chi connectivity index (χ0n) is 11.4. The third kappa shape index (κ3) is 3.57. The molecule has 0 aliphatic heterocycles. The first-order valence-electron chi connectivity index (χ1n) is 5.65. The van der Waals surface area contributed by atoms with Crippen molar-refractivity contribution in [2.75, 3.05) is 13.4 Å². The molecule has 19 heavy (non-hydrogen) atoms. The fourth-order valence-corrected chi connectivity index (χ4v) is 2.37. The molecule has 0 aromatic heterocycles. The Kier molecular flexibility index (Phi) is 4.79. The van der Waals surface area contributed by atoms with E-state index in [0.29, 0.717) is 11.3 Å². The summed E-state index contributed by atoms with van der Waals surface area (Å²) in [7, 11) is -1.94. The first kappa shape index (κ1) is 16.2. The lowest BCUT2D eigenvalue weighted by atomic mass is 9.99. The number of ketones is 1. The fourth-order valence-electron chi connectivity index (χ4n) is 1.48. The topological polar surface area (TPSA) is 60.4 Å². The number of Topliss-reactive ketones (excluding diaryl/α,β-unsaturated/α-hetero) is 1. The molecule has 6 heteroatoms. The Morgan fingerprint density at radius 3 is 2.42 bits per heavy atom. The van der Waals surface area contributed by atoms with Gasteiger partial charge in [0.15, 0.2) is 15.6 Å². The highest BCUT2D eigenvalue weighted by Gasteiger charge is 2.38. The van der Waals surface area contributed by atoms with Crippen LogP contribution in [0.2, 0.25) is 0 Å². The quantitative estimate of drug-likeness (QED) is 0.819. The summed E-state index contributed by atoms with van der Waals surface area (Å²) in [5.74, 6) is 0.215. The molecule has 106 valence electrons. The number of sulfone groups is 1. The van der Waals surface area contributed by atoms with Gasteiger partial charge in [0.25, 0.3) is 0 Å². The van der Waals surface area contributed by atoms with Gasteiger partial charge in [0.1, 0.15) is 10.5 Å². The Hall–Kier alpha value is -0.880. The van der Waals surface area contributed by atoms with Crippen LogP contribution in [0.4, 0.5) is 0 Å². The van der Waals surface area contributed by atoms with Crippen LogP contribution in [0.15, 0.2) is 22.7 Å². The van der Waals surface area contributed by atoms with Crippen molar-refractivity contribution in [3.8, 4) is 5.75 Å². The lowest BCUT2D eigenvalue weighted by Crippen LogP contribution is -2.40. The van der Waals surface area contributed by atoms with E-state index in [1.807, 2.05) is 0 Å². The molecule has 0 saturated carbocycles. The summed E-state index contributed by atoms with van der Waals surface area (Å²) in [6.07, 6.45) is 1.09. The van der Waals surface area contributed by atoms with E-state index in [9.17, 15) is 13.2 Å². The van der Waals surface area contributed by atoms with E-state index in [1.54, 1.807) is 18.2 Å². The van der Waals surface area contributed by atoms with Crippen LogP contribution < -0.4 is 4.74 Å². The SMILES string of the molecule is COc1ccc(Br)cc1CC(=O)C(C)(C)S(C)(=O)=O. The summed E-state index contributed by atoms with van der Waals surface area (Å²) in [6.45, 7) is 2.85. The molecule has 1 aromatic rings. The van der Waals surface area contributed by atoms with Gasteiger partial charge in [0.2, 0.25) is 0 Å². The average molecular weight is 349 g/mol. The first-order valence-corrected chi connectivity index (χ1v) is 8.33. The van der Waals surface area contributed by atoms with Crippen LogP contribution in [0.25, 0.3) is 0 Å². The molecule has 0 heterocycles. The van der Waals surface area contributed by atoms with Crippen LogP contribution in [-0.4, -0.2) is 32.3 Å². The van der Waals surface area contributed by atoms with E-state index in [2.05, 4.69) is 15.9 Å². The predicted molar refractivity (Wildman–Crippen MR) is 78.3 cm³/mol. The number of ether oxygens (including phenoxy) is 1. The lowest BCUT2D eigenvalue weighted by Gasteiger charge is -2.21.